The first-order valence-corrected chi connectivity index (χ1v) is 4.37. The molecule has 0 saturated carbocycles. The van der Waals surface area contributed by atoms with Crippen LogP contribution in [0.1, 0.15) is 0 Å². The number of hydrogen-bond donors (Lipinski definition) is 3. The van der Waals surface area contributed by atoms with Crippen molar-refractivity contribution in [3.63, 3.8) is 0 Å². The van der Waals surface area contributed by atoms with E-state index in [2.05, 4.69) is 15.6 Å². The van der Waals surface area contributed by atoms with Crippen LogP contribution in [-0.4, -0.2) is 35.2 Å². The van der Waals surface area contributed by atoms with Gasteiger partial charge in [-0.15, -0.1) is 0 Å². The van der Waals surface area contributed by atoms with Gasteiger partial charge in [-0.05, 0) is 16.0 Å². The highest BCUT2D eigenvalue weighted by Crippen LogP contribution is 2.23. The highest BCUT2D eigenvalue weighted by molar-refractivity contribution is 5.60. The Morgan fingerprint density at radius 3 is 2.87 bits per heavy atom. The Kier molecular flexibility index (Phi) is 3.81. The van der Waals surface area contributed by atoms with Crippen LogP contribution in [0.25, 0.3) is 0 Å². The third-order valence-electron chi connectivity index (χ3n) is 1.73. The first-order chi connectivity index (χ1) is 7.19. The molecule has 0 radical (unpaired) electrons. The van der Waals surface area contributed by atoms with Crippen LogP contribution in [-0.2, 0) is 0 Å². The lowest BCUT2D eigenvalue weighted by atomic mass is 10.3. The van der Waals surface area contributed by atoms with E-state index in [0.29, 0.717) is 11.5 Å². The average Bonchev–Trinajstić information content (AvgIpc) is 2.26. The van der Waals surface area contributed by atoms with Gasteiger partial charge in [0.2, 0.25) is 5.82 Å². The Bertz CT molecular complexity index is 356. The van der Waals surface area contributed by atoms with E-state index in [1.807, 2.05) is 0 Å². The molecule has 1 aromatic heterocycles. The first-order valence-electron chi connectivity index (χ1n) is 4.37. The van der Waals surface area contributed by atoms with Crippen molar-refractivity contribution in [1.82, 2.24) is 4.98 Å². The zero-order valence-electron chi connectivity index (χ0n) is 8.23. The van der Waals surface area contributed by atoms with Crippen molar-refractivity contribution in [2.24, 2.45) is 0 Å². The van der Waals surface area contributed by atoms with Crippen LogP contribution in [0.4, 0.5) is 17.3 Å². The molecule has 7 nitrogen and oxygen atoms in total. The monoisotopic (exact) mass is 212 g/mol. The molecule has 82 valence electrons. The smallest absolute Gasteiger partial charge is 0.389 e. The maximum absolute atomic E-state index is 10.7. The van der Waals surface area contributed by atoms with E-state index in [0.717, 1.165) is 0 Å². The average molecular weight is 212 g/mol. The molecule has 0 spiro atoms. The lowest BCUT2D eigenvalue weighted by Crippen LogP contribution is -2.09. The van der Waals surface area contributed by atoms with Gasteiger partial charge >= 0.3 is 5.82 Å². The minimum atomic E-state index is -0.569. The largest absolute Gasteiger partial charge is 0.395 e. The summed E-state index contributed by atoms with van der Waals surface area (Å²) in [4.78, 5) is 13.9. The quantitative estimate of drug-likeness (QED) is 0.483. The molecule has 1 aromatic rings. The maximum Gasteiger partial charge on any atom is 0.389 e. The molecule has 0 fully saturated rings. The topological polar surface area (TPSA) is 100 Å². The Hall–Kier alpha value is -1.89. The number of aromatic nitrogens is 1. The molecular formula is C8H12N4O3. The number of nitro groups is 1. The zero-order chi connectivity index (χ0) is 11.3. The lowest BCUT2D eigenvalue weighted by Gasteiger charge is -2.05. The van der Waals surface area contributed by atoms with Crippen molar-refractivity contribution in [2.45, 2.75) is 0 Å². The molecule has 1 heterocycles. The van der Waals surface area contributed by atoms with Gasteiger partial charge in [0.25, 0.3) is 0 Å². The van der Waals surface area contributed by atoms with Gasteiger partial charge in [0, 0.05) is 19.7 Å². The highest BCUT2D eigenvalue weighted by atomic mass is 16.6. The molecule has 0 unspecified atom stereocenters. The summed E-state index contributed by atoms with van der Waals surface area (Å²) in [6, 6.07) is 3.17. The second-order valence-electron chi connectivity index (χ2n) is 2.73. The van der Waals surface area contributed by atoms with E-state index in [1.54, 1.807) is 19.2 Å². The van der Waals surface area contributed by atoms with Gasteiger partial charge in [0.15, 0.2) is 0 Å². The fraction of sp³-hybridized carbons (Fsp3) is 0.375. The predicted octanol–water partition coefficient (Wildman–Crippen LogP) is 0.436. The fourth-order valence-corrected chi connectivity index (χ4v) is 1.06. The van der Waals surface area contributed by atoms with Crippen molar-refractivity contribution >= 4 is 17.3 Å². The molecule has 0 saturated heterocycles. The third kappa shape index (κ3) is 2.78. The molecule has 0 atom stereocenters. The second-order valence-corrected chi connectivity index (χ2v) is 2.73. The van der Waals surface area contributed by atoms with E-state index in [1.165, 1.54) is 0 Å². The fourth-order valence-electron chi connectivity index (χ4n) is 1.06. The summed E-state index contributed by atoms with van der Waals surface area (Å²) in [7, 11) is 1.63. The molecule has 3 N–H and O–H groups in total. The van der Waals surface area contributed by atoms with E-state index >= 15 is 0 Å². The van der Waals surface area contributed by atoms with E-state index < -0.39 is 4.92 Å². The Labute approximate surface area is 86.3 Å². The summed E-state index contributed by atoms with van der Waals surface area (Å²) in [5.74, 6) is 0.173. The van der Waals surface area contributed by atoms with Crippen molar-refractivity contribution < 1.29 is 10.0 Å². The normalized spacial score (nSPS) is 9.73. The van der Waals surface area contributed by atoms with E-state index in [9.17, 15) is 10.1 Å². The highest BCUT2D eigenvalue weighted by Gasteiger charge is 2.16. The number of pyridine rings is 1. The van der Waals surface area contributed by atoms with Crippen molar-refractivity contribution in [3.8, 4) is 0 Å². The number of anilines is 2. The van der Waals surface area contributed by atoms with Gasteiger partial charge in [0.1, 0.15) is 5.69 Å². The molecule has 0 bridgehead atoms. The van der Waals surface area contributed by atoms with Crippen molar-refractivity contribution in [3.05, 3.63) is 22.2 Å². The van der Waals surface area contributed by atoms with Crippen LogP contribution in [0.3, 0.4) is 0 Å². The zero-order valence-corrected chi connectivity index (χ0v) is 8.23. The predicted molar refractivity (Wildman–Crippen MR) is 56.0 cm³/mol. The van der Waals surface area contributed by atoms with Gasteiger partial charge < -0.3 is 25.9 Å². The van der Waals surface area contributed by atoms with Gasteiger partial charge in [-0.25, -0.2) is 0 Å². The van der Waals surface area contributed by atoms with Crippen LogP contribution in [0, 0.1) is 10.1 Å². The summed E-state index contributed by atoms with van der Waals surface area (Å²) in [6.07, 6.45) is 0. The Balaban J connectivity index is 2.98. The van der Waals surface area contributed by atoms with Crippen molar-refractivity contribution in [2.75, 3.05) is 30.8 Å². The number of nitrogens with zero attached hydrogens (tertiary/aromatic N) is 2. The summed E-state index contributed by atoms with van der Waals surface area (Å²) < 4.78 is 0. The molecule has 0 aromatic carbocycles. The molecule has 0 aliphatic carbocycles. The minimum Gasteiger partial charge on any atom is -0.395 e. The van der Waals surface area contributed by atoms with Crippen LogP contribution in [0.15, 0.2) is 12.1 Å². The number of rotatable bonds is 5. The molecule has 0 amide bonds. The van der Waals surface area contributed by atoms with Crippen LogP contribution < -0.4 is 10.6 Å². The Morgan fingerprint density at radius 2 is 2.33 bits per heavy atom. The van der Waals surface area contributed by atoms with E-state index in [4.69, 9.17) is 5.11 Å². The van der Waals surface area contributed by atoms with Gasteiger partial charge in [-0.1, -0.05) is 0 Å². The van der Waals surface area contributed by atoms with E-state index in [-0.39, 0.29) is 19.0 Å². The Morgan fingerprint density at radius 1 is 1.60 bits per heavy atom. The molecule has 15 heavy (non-hydrogen) atoms. The van der Waals surface area contributed by atoms with Gasteiger partial charge in [-0.2, -0.15) is 0 Å². The summed E-state index contributed by atoms with van der Waals surface area (Å²) >= 11 is 0. The van der Waals surface area contributed by atoms with Crippen LogP contribution >= 0.6 is 0 Å². The number of aliphatic hydroxyl groups is 1. The SMILES string of the molecule is CNc1ccc(NCCO)c([N+](=O)[O-])n1. The second kappa shape index (κ2) is 5.11. The minimum absolute atomic E-state index is 0.0923. The van der Waals surface area contributed by atoms with Crippen LogP contribution in [0.2, 0.25) is 0 Å². The molecule has 7 heteroatoms. The number of aliphatic hydroxyl groups excluding tert-OH is 1. The summed E-state index contributed by atoms with van der Waals surface area (Å²) in [6.45, 7) is 0.159. The standard InChI is InChI=1S/C8H12N4O3/c1-9-7-3-2-6(10-4-5-13)8(11-7)12(14)15/h2-3,10,13H,4-5H2,1H3,(H,9,11). The van der Waals surface area contributed by atoms with Crippen molar-refractivity contribution in [1.29, 1.82) is 0 Å². The number of hydrogen-bond acceptors (Lipinski definition) is 6. The summed E-state index contributed by atoms with van der Waals surface area (Å²) in [5, 5.41) is 24.7. The lowest BCUT2D eigenvalue weighted by molar-refractivity contribution is -0.388. The molecule has 1 rings (SSSR count). The molecule has 0 aliphatic rings. The maximum atomic E-state index is 10.7. The first kappa shape index (κ1) is 11.2. The third-order valence-corrected chi connectivity index (χ3v) is 1.73. The summed E-state index contributed by atoms with van der Waals surface area (Å²) in [5.41, 5.74) is 0.299. The molecular weight excluding hydrogens is 200 g/mol. The van der Waals surface area contributed by atoms with Crippen LogP contribution in [0.5, 0.6) is 0 Å². The van der Waals surface area contributed by atoms with Gasteiger partial charge in [-0.3, -0.25) is 0 Å². The van der Waals surface area contributed by atoms with Gasteiger partial charge in [0.05, 0.1) is 6.61 Å². The molecule has 0 aliphatic heterocycles. The number of nitrogens with one attached hydrogen (secondary N) is 2.